The average Bonchev–Trinajstić information content (AvgIpc) is 2.93. The zero-order valence-electron chi connectivity index (χ0n) is 21.9. The minimum Gasteiger partial charge on any atom is -0.496 e. The summed E-state index contributed by atoms with van der Waals surface area (Å²) in [5.41, 5.74) is 4.67. The van der Waals surface area contributed by atoms with E-state index in [9.17, 15) is 9.90 Å². The minimum absolute atomic E-state index is 0.0152. The van der Waals surface area contributed by atoms with Crippen LogP contribution >= 0.6 is 0 Å². The number of piperidine rings is 3. The van der Waals surface area contributed by atoms with Crippen LogP contribution in [0.5, 0.6) is 5.75 Å². The van der Waals surface area contributed by atoms with Crippen molar-refractivity contribution in [1.29, 1.82) is 0 Å². The molecule has 2 bridgehead atoms. The number of methoxy groups -OCH3 is 1. The average molecular weight is 500 g/mol. The van der Waals surface area contributed by atoms with Crippen LogP contribution in [0, 0.1) is 5.92 Å². The Bertz CT molecular complexity index is 1160. The Morgan fingerprint density at radius 1 is 1.05 bits per heavy atom. The standard InChI is InChI=1S/C31H37N3O3/c1-33(2)25-14-15-27(37-3)24(18-25)20-32-29-23-16-17-34(26(19-23)31(35)36)30(29)28(21-10-6-4-7-11-21)22-12-8-5-9-13-22/h4-15,18,23,26,28-30,32H,16-17,19-20H2,1-3H3,(H,35,36). The van der Waals surface area contributed by atoms with E-state index in [1.807, 2.05) is 32.3 Å². The normalized spacial score (nSPS) is 24.7. The van der Waals surface area contributed by atoms with Gasteiger partial charge in [-0.15, -0.1) is 0 Å². The first-order valence-corrected chi connectivity index (χ1v) is 13.1. The molecule has 2 N–H and O–H groups in total. The lowest BCUT2D eigenvalue weighted by atomic mass is 9.68. The van der Waals surface area contributed by atoms with Crippen molar-refractivity contribution in [3.05, 3.63) is 95.6 Å². The van der Waals surface area contributed by atoms with Crippen LogP contribution < -0.4 is 15.0 Å². The summed E-state index contributed by atoms with van der Waals surface area (Å²) in [5, 5.41) is 14.1. The Morgan fingerprint density at radius 3 is 2.27 bits per heavy atom. The predicted octanol–water partition coefficient (Wildman–Crippen LogP) is 4.60. The van der Waals surface area contributed by atoms with E-state index in [1.54, 1.807) is 7.11 Å². The van der Waals surface area contributed by atoms with E-state index in [0.29, 0.717) is 13.0 Å². The molecule has 0 aliphatic carbocycles. The Hall–Kier alpha value is -3.35. The van der Waals surface area contributed by atoms with Crippen LogP contribution in [0.1, 0.15) is 35.4 Å². The number of hydrogen-bond donors (Lipinski definition) is 2. The molecular weight excluding hydrogens is 462 g/mol. The molecule has 6 nitrogen and oxygen atoms in total. The lowest BCUT2D eigenvalue weighted by molar-refractivity contribution is -0.152. The number of benzene rings is 3. The Morgan fingerprint density at radius 2 is 1.70 bits per heavy atom. The summed E-state index contributed by atoms with van der Waals surface area (Å²) in [5.74, 6) is 0.490. The summed E-state index contributed by atoms with van der Waals surface area (Å²) in [4.78, 5) is 16.7. The molecule has 0 amide bonds. The third-order valence-electron chi connectivity index (χ3n) is 8.20. The molecule has 3 heterocycles. The van der Waals surface area contributed by atoms with Crippen molar-refractivity contribution in [3.8, 4) is 5.75 Å². The molecule has 0 radical (unpaired) electrons. The summed E-state index contributed by atoms with van der Waals surface area (Å²) in [7, 11) is 5.79. The number of ether oxygens (including phenoxy) is 1. The molecule has 0 spiro atoms. The number of aliphatic carboxylic acids is 1. The van der Waals surface area contributed by atoms with E-state index < -0.39 is 12.0 Å². The molecule has 5 unspecified atom stereocenters. The molecule has 3 aromatic rings. The van der Waals surface area contributed by atoms with Crippen molar-refractivity contribution in [2.75, 3.05) is 32.6 Å². The second-order valence-corrected chi connectivity index (χ2v) is 10.5. The zero-order chi connectivity index (χ0) is 25.9. The number of hydrogen-bond acceptors (Lipinski definition) is 5. The van der Waals surface area contributed by atoms with Crippen LogP contribution in [0.15, 0.2) is 78.9 Å². The van der Waals surface area contributed by atoms with Crippen molar-refractivity contribution in [1.82, 2.24) is 10.2 Å². The van der Waals surface area contributed by atoms with Crippen LogP contribution in [0.3, 0.4) is 0 Å². The minimum atomic E-state index is -0.714. The Kier molecular flexibility index (Phi) is 7.49. The van der Waals surface area contributed by atoms with Gasteiger partial charge in [-0.05, 0) is 54.6 Å². The number of nitrogens with zero attached hydrogens (tertiary/aromatic N) is 2. The molecule has 3 fully saturated rings. The first kappa shape index (κ1) is 25.3. The highest BCUT2D eigenvalue weighted by atomic mass is 16.5. The van der Waals surface area contributed by atoms with Crippen LogP contribution in [0.25, 0.3) is 0 Å². The third kappa shape index (κ3) is 5.09. The number of carbonyl (C=O) groups is 1. The molecule has 6 heteroatoms. The van der Waals surface area contributed by atoms with E-state index >= 15 is 0 Å². The summed E-state index contributed by atoms with van der Waals surface area (Å²) in [6, 6.07) is 27.1. The molecule has 37 heavy (non-hydrogen) atoms. The van der Waals surface area contributed by atoms with Crippen LogP contribution in [0.4, 0.5) is 5.69 Å². The van der Waals surface area contributed by atoms with Gasteiger partial charge in [0.2, 0.25) is 0 Å². The van der Waals surface area contributed by atoms with Gasteiger partial charge in [-0.25, -0.2) is 0 Å². The molecule has 3 aliphatic heterocycles. The first-order valence-electron chi connectivity index (χ1n) is 13.1. The topological polar surface area (TPSA) is 65.0 Å². The summed E-state index contributed by atoms with van der Waals surface area (Å²) in [6.07, 6.45) is 1.68. The van der Waals surface area contributed by atoms with Gasteiger partial charge in [-0.1, -0.05) is 60.7 Å². The van der Waals surface area contributed by atoms with Gasteiger partial charge >= 0.3 is 5.97 Å². The van der Waals surface area contributed by atoms with E-state index in [2.05, 4.69) is 75.8 Å². The van der Waals surface area contributed by atoms with Gasteiger partial charge < -0.3 is 20.1 Å². The molecular formula is C31H37N3O3. The largest absolute Gasteiger partial charge is 0.496 e. The van der Waals surface area contributed by atoms with Gasteiger partial charge in [-0.2, -0.15) is 0 Å². The number of carboxylic acids is 1. The van der Waals surface area contributed by atoms with Crippen molar-refractivity contribution in [2.45, 2.75) is 43.4 Å². The smallest absolute Gasteiger partial charge is 0.320 e. The van der Waals surface area contributed by atoms with Crippen molar-refractivity contribution >= 4 is 11.7 Å². The van der Waals surface area contributed by atoms with Crippen molar-refractivity contribution in [2.24, 2.45) is 5.92 Å². The molecule has 3 saturated heterocycles. The second kappa shape index (κ2) is 11.0. The van der Waals surface area contributed by atoms with Gasteiger partial charge in [0, 0.05) is 49.9 Å². The molecule has 3 aromatic carbocycles. The van der Waals surface area contributed by atoms with Crippen LogP contribution in [-0.2, 0) is 11.3 Å². The Balaban J connectivity index is 1.54. The lowest BCUT2D eigenvalue weighted by Gasteiger charge is -2.56. The van der Waals surface area contributed by atoms with Gasteiger partial charge in [0.25, 0.3) is 0 Å². The fourth-order valence-corrected chi connectivity index (χ4v) is 6.42. The van der Waals surface area contributed by atoms with E-state index in [4.69, 9.17) is 4.74 Å². The quantitative estimate of drug-likeness (QED) is 0.449. The highest BCUT2D eigenvalue weighted by Gasteiger charge is 2.52. The zero-order valence-corrected chi connectivity index (χ0v) is 21.9. The number of nitrogens with one attached hydrogen (secondary N) is 1. The van der Waals surface area contributed by atoms with E-state index in [-0.39, 0.29) is 23.9 Å². The fourth-order valence-electron chi connectivity index (χ4n) is 6.42. The predicted molar refractivity (Wildman–Crippen MR) is 147 cm³/mol. The monoisotopic (exact) mass is 499 g/mol. The highest BCUT2D eigenvalue weighted by molar-refractivity contribution is 5.74. The number of anilines is 1. The van der Waals surface area contributed by atoms with Gasteiger partial charge in [0.05, 0.1) is 7.11 Å². The first-order chi connectivity index (χ1) is 18.0. The van der Waals surface area contributed by atoms with Gasteiger partial charge in [-0.3, -0.25) is 9.69 Å². The SMILES string of the molecule is COc1ccc(N(C)C)cc1CNC1C2CCN(C(C(=O)O)C2)C1C(c1ccccc1)c1ccccc1. The maximum absolute atomic E-state index is 12.4. The third-order valence-corrected chi connectivity index (χ3v) is 8.20. The van der Waals surface area contributed by atoms with Crippen LogP contribution in [0.2, 0.25) is 0 Å². The summed E-state index contributed by atoms with van der Waals surface area (Å²) < 4.78 is 5.70. The molecule has 5 atom stereocenters. The second-order valence-electron chi connectivity index (χ2n) is 10.5. The number of fused-ring (bicyclic) bond motifs is 3. The van der Waals surface area contributed by atoms with Crippen molar-refractivity contribution < 1.29 is 14.6 Å². The van der Waals surface area contributed by atoms with Gasteiger partial charge in [0.1, 0.15) is 11.8 Å². The summed E-state index contributed by atoms with van der Waals surface area (Å²) >= 11 is 0. The fraction of sp³-hybridized carbons (Fsp3) is 0.387. The molecule has 0 saturated carbocycles. The maximum atomic E-state index is 12.4. The number of rotatable bonds is 9. The van der Waals surface area contributed by atoms with E-state index in [0.717, 1.165) is 30.0 Å². The lowest BCUT2D eigenvalue weighted by Crippen LogP contribution is -2.69. The Labute approximate surface area is 219 Å². The van der Waals surface area contributed by atoms with Crippen molar-refractivity contribution in [3.63, 3.8) is 0 Å². The maximum Gasteiger partial charge on any atom is 0.320 e. The van der Waals surface area contributed by atoms with E-state index in [1.165, 1.54) is 11.1 Å². The molecule has 194 valence electrons. The molecule has 3 aliphatic rings. The highest BCUT2D eigenvalue weighted by Crippen LogP contribution is 2.44. The van der Waals surface area contributed by atoms with Crippen LogP contribution in [-0.4, -0.2) is 61.9 Å². The number of carboxylic acid groups (broad SMARTS) is 1. The summed E-state index contributed by atoms with van der Waals surface area (Å²) in [6.45, 7) is 1.46. The van der Waals surface area contributed by atoms with Gasteiger partial charge in [0.15, 0.2) is 0 Å². The molecule has 6 rings (SSSR count). The molecule has 0 aromatic heterocycles.